The summed E-state index contributed by atoms with van der Waals surface area (Å²) < 4.78 is 1.78. The largest absolute Gasteiger partial charge is 0.384 e. The molecule has 2 heterocycles. The quantitative estimate of drug-likeness (QED) is 0.852. The molecule has 0 atom stereocenters. The number of nitrogens with two attached hydrogens (primary N) is 1. The molecule has 3 rings (SSSR count). The van der Waals surface area contributed by atoms with Crippen molar-refractivity contribution in [3.05, 3.63) is 11.3 Å². The smallest absolute Gasteiger partial charge is 0.126 e. The van der Waals surface area contributed by atoms with E-state index in [-0.39, 0.29) is 0 Å². The van der Waals surface area contributed by atoms with E-state index in [9.17, 15) is 0 Å². The monoisotopic (exact) mass is 249 g/mol. The first-order chi connectivity index (χ1) is 8.65. The fraction of sp³-hybridized carbons (Fsp3) is 0.769. The minimum absolute atomic E-state index is 0.817. The minimum Gasteiger partial charge on any atom is -0.384 e. The van der Waals surface area contributed by atoms with Crippen molar-refractivity contribution in [3.63, 3.8) is 0 Å². The van der Waals surface area contributed by atoms with Crippen LogP contribution in [-0.4, -0.2) is 51.8 Å². The van der Waals surface area contributed by atoms with Crippen molar-refractivity contribution in [2.75, 3.05) is 31.9 Å². The highest BCUT2D eigenvalue weighted by atomic mass is 15.3. The zero-order chi connectivity index (χ0) is 12.7. The van der Waals surface area contributed by atoms with Gasteiger partial charge in [0.05, 0.1) is 5.69 Å². The van der Waals surface area contributed by atoms with Crippen LogP contribution in [0.3, 0.4) is 0 Å². The van der Waals surface area contributed by atoms with E-state index in [1.54, 1.807) is 4.68 Å². The van der Waals surface area contributed by atoms with Crippen molar-refractivity contribution >= 4 is 5.82 Å². The van der Waals surface area contributed by atoms with Crippen LogP contribution in [0.25, 0.3) is 0 Å². The van der Waals surface area contributed by atoms with Gasteiger partial charge in [-0.3, -0.25) is 14.5 Å². The number of rotatable bonds is 3. The van der Waals surface area contributed by atoms with Gasteiger partial charge in [-0.05, 0) is 19.8 Å². The fourth-order valence-electron chi connectivity index (χ4n) is 2.87. The first kappa shape index (κ1) is 12.0. The van der Waals surface area contributed by atoms with Gasteiger partial charge in [0.2, 0.25) is 0 Å². The van der Waals surface area contributed by atoms with Crippen molar-refractivity contribution in [2.45, 2.75) is 32.4 Å². The van der Waals surface area contributed by atoms with E-state index in [0.29, 0.717) is 0 Å². The number of aromatic nitrogens is 2. The molecule has 0 bridgehead atoms. The molecule has 1 saturated heterocycles. The van der Waals surface area contributed by atoms with Crippen molar-refractivity contribution in [3.8, 4) is 0 Å². The van der Waals surface area contributed by atoms with Crippen LogP contribution >= 0.6 is 0 Å². The molecule has 1 aliphatic carbocycles. The summed E-state index contributed by atoms with van der Waals surface area (Å²) in [6.07, 6.45) is 2.82. The molecule has 0 unspecified atom stereocenters. The Morgan fingerprint density at radius 3 is 2.39 bits per heavy atom. The van der Waals surface area contributed by atoms with Crippen LogP contribution in [0.1, 0.15) is 24.1 Å². The molecule has 2 aliphatic rings. The molecule has 1 aromatic heterocycles. The van der Waals surface area contributed by atoms with Gasteiger partial charge in [-0.25, -0.2) is 0 Å². The summed E-state index contributed by atoms with van der Waals surface area (Å²) >= 11 is 0. The van der Waals surface area contributed by atoms with E-state index >= 15 is 0 Å². The summed E-state index contributed by atoms with van der Waals surface area (Å²) in [6, 6.07) is 0.900. The Morgan fingerprint density at radius 2 is 1.89 bits per heavy atom. The molecule has 18 heavy (non-hydrogen) atoms. The molecule has 1 aromatic rings. The molecular weight excluding hydrogens is 226 g/mol. The van der Waals surface area contributed by atoms with Crippen LogP contribution in [0.4, 0.5) is 5.82 Å². The van der Waals surface area contributed by atoms with Gasteiger partial charge in [0.25, 0.3) is 0 Å². The highest BCUT2D eigenvalue weighted by Crippen LogP contribution is 2.28. The number of piperazine rings is 1. The van der Waals surface area contributed by atoms with Gasteiger partial charge >= 0.3 is 0 Å². The van der Waals surface area contributed by atoms with Gasteiger partial charge in [-0.1, -0.05) is 0 Å². The number of hydrogen-bond donors (Lipinski definition) is 1. The standard InChI is InChI=1S/C13H23N5/c1-10-12(13(14)16(2)15-10)9-17-5-7-18(8-6-17)11-3-4-11/h11H,3-9,14H2,1-2H3. The van der Waals surface area contributed by atoms with Crippen molar-refractivity contribution in [1.82, 2.24) is 19.6 Å². The maximum Gasteiger partial charge on any atom is 0.126 e. The lowest BCUT2D eigenvalue weighted by atomic mass is 10.2. The number of nitrogen functional groups attached to an aromatic ring is 1. The summed E-state index contributed by atoms with van der Waals surface area (Å²) in [5, 5.41) is 4.38. The first-order valence-corrected chi connectivity index (χ1v) is 6.89. The predicted molar refractivity (Wildman–Crippen MR) is 72.2 cm³/mol. The van der Waals surface area contributed by atoms with E-state index < -0.39 is 0 Å². The number of aryl methyl sites for hydroxylation is 2. The highest BCUT2D eigenvalue weighted by molar-refractivity contribution is 5.42. The lowest BCUT2D eigenvalue weighted by molar-refractivity contribution is 0.121. The molecule has 1 aliphatic heterocycles. The van der Waals surface area contributed by atoms with Crippen LogP contribution in [0.5, 0.6) is 0 Å². The minimum atomic E-state index is 0.817. The van der Waals surface area contributed by atoms with E-state index in [2.05, 4.69) is 14.9 Å². The lowest BCUT2D eigenvalue weighted by Gasteiger charge is -2.34. The van der Waals surface area contributed by atoms with E-state index in [1.807, 2.05) is 14.0 Å². The van der Waals surface area contributed by atoms with Crippen LogP contribution in [-0.2, 0) is 13.6 Å². The summed E-state index contributed by atoms with van der Waals surface area (Å²) in [5.74, 6) is 0.817. The second-order valence-corrected chi connectivity index (χ2v) is 5.62. The second-order valence-electron chi connectivity index (χ2n) is 5.62. The third-order valence-electron chi connectivity index (χ3n) is 4.25. The Hall–Kier alpha value is -1.07. The summed E-state index contributed by atoms with van der Waals surface area (Å²) in [5.41, 5.74) is 8.34. The molecule has 0 radical (unpaired) electrons. The van der Waals surface area contributed by atoms with Gasteiger partial charge in [-0.2, -0.15) is 5.10 Å². The number of nitrogens with zero attached hydrogens (tertiary/aromatic N) is 4. The molecule has 0 aromatic carbocycles. The fourth-order valence-corrected chi connectivity index (χ4v) is 2.87. The summed E-state index contributed by atoms with van der Waals surface area (Å²) in [4.78, 5) is 5.13. The van der Waals surface area contributed by atoms with Gasteiger partial charge in [0.1, 0.15) is 5.82 Å². The third-order valence-corrected chi connectivity index (χ3v) is 4.25. The summed E-state index contributed by atoms with van der Waals surface area (Å²) in [7, 11) is 1.91. The first-order valence-electron chi connectivity index (χ1n) is 6.89. The third kappa shape index (κ3) is 2.24. The normalized spacial score (nSPS) is 22.6. The zero-order valence-electron chi connectivity index (χ0n) is 11.4. The lowest BCUT2D eigenvalue weighted by Crippen LogP contribution is -2.46. The van der Waals surface area contributed by atoms with E-state index in [1.165, 1.54) is 31.5 Å². The number of anilines is 1. The number of hydrogen-bond acceptors (Lipinski definition) is 4. The van der Waals surface area contributed by atoms with Gasteiger partial charge in [0, 0.05) is 51.4 Å². The average Bonchev–Trinajstić information content (AvgIpc) is 3.16. The molecule has 5 heteroatoms. The van der Waals surface area contributed by atoms with Crippen molar-refractivity contribution in [2.24, 2.45) is 7.05 Å². The Labute approximate surface area is 109 Å². The molecule has 2 N–H and O–H groups in total. The van der Waals surface area contributed by atoms with Crippen LogP contribution in [0.2, 0.25) is 0 Å². The van der Waals surface area contributed by atoms with Crippen LogP contribution in [0.15, 0.2) is 0 Å². The average molecular weight is 249 g/mol. The molecule has 0 amide bonds. The Balaban J connectivity index is 1.60. The van der Waals surface area contributed by atoms with Gasteiger partial charge in [0.15, 0.2) is 0 Å². The molecule has 5 nitrogen and oxygen atoms in total. The van der Waals surface area contributed by atoms with Crippen LogP contribution < -0.4 is 5.73 Å². The topological polar surface area (TPSA) is 50.3 Å². The Morgan fingerprint density at radius 1 is 1.22 bits per heavy atom. The van der Waals surface area contributed by atoms with Crippen LogP contribution in [0, 0.1) is 6.92 Å². The maximum absolute atomic E-state index is 6.07. The predicted octanol–water partition coefficient (Wildman–Crippen LogP) is 0.591. The van der Waals surface area contributed by atoms with Gasteiger partial charge in [-0.15, -0.1) is 0 Å². The van der Waals surface area contributed by atoms with E-state index in [0.717, 1.165) is 37.2 Å². The zero-order valence-corrected chi connectivity index (χ0v) is 11.4. The van der Waals surface area contributed by atoms with E-state index in [4.69, 9.17) is 5.73 Å². The molecule has 100 valence electrons. The summed E-state index contributed by atoms with van der Waals surface area (Å²) in [6.45, 7) is 7.73. The molecule has 2 fully saturated rings. The highest BCUT2D eigenvalue weighted by Gasteiger charge is 2.31. The van der Waals surface area contributed by atoms with Crippen molar-refractivity contribution < 1.29 is 0 Å². The second kappa shape index (κ2) is 4.55. The maximum atomic E-state index is 6.07. The Bertz CT molecular complexity index is 427. The molecule has 0 spiro atoms. The molecule has 1 saturated carbocycles. The SMILES string of the molecule is Cc1nn(C)c(N)c1CN1CCN(C2CC2)CC1. The Kier molecular flexibility index (Phi) is 3.03. The molecular formula is C13H23N5. The van der Waals surface area contributed by atoms with Crippen molar-refractivity contribution in [1.29, 1.82) is 0 Å². The van der Waals surface area contributed by atoms with Gasteiger partial charge < -0.3 is 5.73 Å².